The Labute approximate surface area is 143 Å². The first-order chi connectivity index (χ1) is 11.8. The molecule has 1 heterocycles. The van der Waals surface area contributed by atoms with Gasteiger partial charge in [-0.15, -0.1) is 0 Å². The molecule has 2 aromatic rings. The highest BCUT2D eigenvalue weighted by Crippen LogP contribution is 2.22. The van der Waals surface area contributed by atoms with Gasteiger partial charge in [-0.2, -0.15) is 0 Å². The molecule has 1 aliphatic heterocycles. The zero-order valence-electron chi connectivity index (χ0n) is 13.8. The zero-order chi connectivity index (χ0) is 16.8. The molecule has 4 heteroatoms. The van der Waals surface area contributed by atoms with Crippen molar-refractivity contribution in [1.82, 2.24) is 4.90 Å². The first-order valence-corrected chi connectivity index (χ1v) is 8.47. The molecule has 0 aromatic heterocycles. The lowest BCUT2D eigenvalue weighted by atomic mass is 9.92. The molecule has 0 saturated carbocycles. The molecular weight excluding hydrogens is 302 g/mol. The van der Waals surface area contributed by atoms with E-state index in [1.54, 1.807) is 0 Å². The fourth-order valence-corrected chi connectivity index (χ4v) is 3.25. The molecule has 24 heavy (non-hydrogen) atoms. The molecule has 0 unspecified atom stereocenters. The Balaban J connectivity index is 1.63. The summed E-state index contributed by atoms with van der Waals surface area (Å²) in [6.45, 7) is 2.59. The molecular formula is C20H25NO3. The summed E-state index contributed by atoms with van der Waals surface area (Å²) in [4.78, 5) is 2.25. The van der Waals surface area contributed by atoms with Crippen LogP contribution in [0, 0.1) is 5.92 Å². The van der Waals surface area contributed by atoms with E-state index in [0.29, 0.717) is 19.7 Å². The van der Waals surface area contributed by atoms with Crippen LogP contribution in [0.2, 0.25) is 0 Å². The Hall–Kier alpha value is -1.72. The lowest BCUT2D eigenvalue weighted by molar-refractivity contribution is -0.122. The van der Waals surface area contributed by atoms with Gasteiger partial charge in [0, 0.05) is 32.2 Å². The van der Waals surface area contributed by atoms with Crippen molar-refractivity contribution in [2.24, 2.45) is 5.92 Å². The van der Waals surface area contributed by atoms with Crippen molar-refractivity contribution in [3.63, 3.8) is 0 Å². The van der Waals surface area contributed by atoms with Crippen molar-refractivity contribution < 1.29 is 14.9 Å². The summed E-state index contributed by atoms with van der Waals surface area (Å²) >= 11 is 0. The summed E-state index contributed by atoms with van der Waals surface area (Å²) in [5, 5.41) is 20.1. The van der Waals surface area contributed by atoms with Crippen LogP contribution in [0.3, 0.4) is 0 Å². The molecule has 0 aliphatic carbocycles. The molecule has 0 radical (unpaired) electrons. The van der Waals surface area contributed by atoms with E-state index < -0.39 is 6.10 Å². The first-order valence-electron chi connectivity index (χ1n) is 8.47. The van der Waals surface area contributed by atoms with Crippen LogP contribution in [0.1, 0.15) is 11.1 Å². The number of benzene rings is 2. The smallest absolute Gasteiger partial charge is 0.0969 e. The second-order valence-corrected chi connectivity index (χ2v) is 6.45. The lowest BCUT2D eigenvalue weighted by Gasteiger charge is -2.40. The summed E-state index contributed by atoms with van der Waals surface area (Å²) in [5.41, 5.74) is 2.32. The van der Waals surface area contributed by atoms with E-state index in [9.17, 15) is 10.2 Å². The molecule has 3 atom stereocenters. The van der Waals surface area contributed by atoms with Crippen LogP contribution in [0.15, 0.2) is 60.7 Å². The van der Waals surface area contributed by atoms with E-state index in [1.165, 1.54) is 5.56 Å². The Kier molecular flexibility index (Phi) is 5.99. The van der Waals surface area contributed by atoms with Crippen LogP contribution in [0.5, 0.6) is 0 Å². The Morgan fingerprint density at radius 2 is 1.54 bits per heavy atom. The van der Waals surface area contributed by atoms with Gasteiger partial charge < -0.3 is 14.9 Å². The molecule has 0 bridgehead atoms. The van der Waals surface area contributed by atoms with Gasteiger partial charge in [-0.05, 0) is 11.1 Å². The van der Waals surface area contributed by atoms with Crippen molar-refractivity contribution in [3.8, 4) is 0 Å². The summed E-state index contributed by atoms with van der Waals surface area (Å²) < 4.78 is 5.98. The number of hydrogen-bond donors (Lipinski definition) is 2. The van der Waals surface area contributed by atoms with Crippen molar-refractivity contribution in [2.75, 3.05) is 19.7 Å². The summed E-state index contributed by atoms with van der Waals surface area (Å²) in [6.07, 6.45) is -0.925. The van der Waals surface area contributed by atoms with Crippen LogP contribution in [-0.4, -0.2) is 47.0 Å². The fraction of sp³-hybridized carbons (Fsp3) is 0.400. The van der Waals surface area contributed by atoms with Gasteiger partial charge in [0.2, 0.25) is 0 Å². The van der Waals surface area contributed by atoms with Crippen molar-refractivity contribution in [3.05, 3.63) is 71.8 Å². The number of ether oxygens (including phenoxy) is 1. The van der Waals surface area contributed by atoms with Gasteiger partial charge in [-0.25, -0.2) is 0 Å². The number of aliphatic hydroxyl groups excluding tert-OH is 2. The summed E-state index contributed by atoms with van der Waals surface area (Å²) in [6, 6.07) is 20.2. The monoisotopic (exact) mass is 327 g/mol. The maximum Gasteiger partial charge on any atom is 0.0969 e. The second-order valence-electron chi connectivity index (χ2n) is 6.45. The van der Waals surface area contributed by atoms with Gasteiger partial charge in [-0.3, -0.25) is 4.90 Å². The minimum absolute atomic E-state index is 0.0301. The average Bonchev–Trinajstić information content (AvgIpc) is 2.63. The highest BCUT2D eigenvalue weighted by Gasteiger charge is 2.35. The van der Waals surface area contributed by atoms with Gasteiger partial charge in [0.1, 0.15) is 0 Å². The molecule has 3 rings (SSSR count). The zero-order valence-corrected chi connectivity index (χ0v) is 13.8. The van der Waals surface area contributed by atoms with E-state index in [4.69, 9.17) is 4.74 Å². The molecule has 2 aromatic carbocycles. The van der Waals surface area contributed by atoms with E-state index in [2.05, 4.69) is 17.0 Å². The predicted molar refractivity (Wildman–Crippen MR) is 93.3 cm³/mol. The summed E-state index contributed by atoms with van der Waals surface area (Å²) in [7, 11) is 0. The number of hydrogen-bond acceptors (Lipinski definition) is 4. The number of rotatable bonds is 6. The number of nitrogens with zero attached hydrogens (tertiary/aromatic N) is 1. The fourth-order valence-electron chi connectivity index (χ4n) is 3.25. The molecule has 2 N–H and O–H groups in total. The molecule has 1 saturated heterocycles. The third kappa shape index (κ3) is 4.42. The van der Waals surface area contributed by atoms with Crippen molar-refractivity contribution in [1.29, 1.82) is 0 Å². The average molecular weight is 327 g/mol. The predicted octanol–water partition coefficient (Wildman–Crippen LogP) is 2.06. The van der Waals surface area contributed by atoms with Crippen LogP contribution < -0.4 is 0 Å². The van der Waals surface area contributed by atoms with Crippen LogP contribution in [-0.2, 0) is 17.9 Å². The third-order valence-electron chi connectivity index (χ3n) is 4.59. The van der Waals surface area contributed by atoms with Crippen molar-refractivity contribution >= 4 is 0 Å². The van der Waals surface area contributed by atoms with E-state index in [1.807, 2.05) is 48.5 Å². The molecule has 4 nitrogen and oxygen atoms in total. The van der Waals surface area contributed by atoms with Gasteiger partial charge in [0.25, 0.3) is 0 Å². The Bertz CT molecular complexity index is 605. The van der Waals surface area contributed by atoms with Gasteiger partial charge in [0.15, 0.2) is 0 Å². The quantitative estimate of drug-likeness (QED) is 0.853. The maximum atomic E-state index is 10.5. The number of likely N-dealkylation sites (tertiary alicyclic amines) is 1. The van der Waals surface area contributed by atoms with Crippen LogP contribution >= 0.6 is 0 Å². The van der Waals surface area contributed by atoms with E-state index in [0.717, 1.165) is 12.1 Å². The Morgan fingerprint density at radius 3 is 2.17 bits per heavy atom. The van der Waals surface area contributed by atoms with Crippen LogP contribution in [0.4, 0.5) is 0 Å². The third-order valence-corrected chi connectivity index (χ3v) is 4.59. The number of piperidine rings is 1. The van der Waals surface area contributed by atoms with Gasteiger partial charge in [0.05, 0.1) is 18.8 Å². The van der Waals surface area contributed by atoms with E-state index in [-0.39, 0.29) is 18.6 Å². The number of aliphatic hydroxyl groups is 2. The van der Waals surface area contributed by atoms with E-state index >= 15 is 0 Å². The molecule has 1 fully saturated rings. The lowest BCUT2D eigenvalue weighted by Crippen LogP contribution is -2.54. The Morgan fingerprint density at radius 1 is 0.917 bits per heavy atom. The molecule has 0 spiro atoms. The normalized spacial score (nSPS) is 24.8. The molecule has 1 aliphatic rings. The van der Waals surface area contributed by atoms with Crippen LogP contribution in [0.25, 0.3) is 0 Å². The largest absolute Gasteiger partial charge is 0.396 e. The minimum atomic E-state index is -0.634. The molecule has 0 amide bonds. The highest BCUT2D eigenvalue weighted by atomic mass is 16.5. The topological polar surface area (TPSA) is 52.9 Å². The summed E-state index contributed by atoms with van der Waals surface area (Å²) in [5.74, 6) is -0.178. The van der Waals surface area contributed by atoms with Gasteiger partial charge >= 0.3 is 0 Å². The maximum absolute atomic E-state index is 10.5. The minimum Gasteiger partial charge on any atom is -0.396 e. The SMILES string of the molecule is OC[C@H]1CN(Cc2ccccc2)C[C@@H](OCc2ccccc2)[C@@H]1O. The molecule has 128 valence electrons. The second kappa shape index (κ2) is 8.40. The van der Waals surface area contributed by atoms with Crippen molar-refractivity contribution in [2.45, 2.75) is 25.4 Å². The first kappa shape index (κ1) is 17.1. The highest BCUT2D eigenvalue weighted by molar-refractivity contribution is 5.15. The van der Waals surface area contributed by atoms with Gasteiger partial charge in [-0.1, -0.05) is 60.7 Å². The standard InChI is InChI=1S/C20H25NO3/c22-14-18-12-21(11-16-7-3-1-4-8-16)13-19(20(18)23)24-15-17-9-5-2-6-10-17/h1-10,18-20,22-23H,11-15H2/t18-,19-,20-/m1/s1.